The van der Waals surface area contributed by atoms with Gasteiger partial charge in [0.15, 0.2) is 11.7 Å². The molecule has 0 bridgehead atoms. The Bertz CT molecular complexity index is 1720. The van der Waals surface area contributed by atoms with Crippen LogP contribution in [0.2, 0.25) is 10.0 Å². The zero-order valence-corrected chi connectivity index (χ0v) is 24.4. The van der Waals surface area contributed by atoms with E-state index in [1.165, 1.54) is 0 Å². The topological polar surface area (TPSA) is 79.6 Å². The quantitative estimate of drug-likeness (QED) is 0.172. The van der Waals surface area contributed by atoms with Crippen LogP contribution in [0.15, 0.2) is 114 Å². The Kier molecular flexibility index (Phi) is 8.10. The molecule has 3 aromatic carbocycles. The molecule has 2 N–H and O–H groups in total. The number of thiocarbonyl (C=S) groups is 1. The van der Waals surface area contributed by atoms with Crippen molar-refractivity contribution in [1.29, 1.82) is 0 Å². The second-order valence-corrected chi connectivity index (χ2v) is 10.7. The third-order valence-corrected chi connectivity index (χ3v) is 7.82. The first-order chi connectivity index (χ1) is 20.5. The molecule has 0 radical (unpaired) electrons. The highest BCUT2D eigenvalue weighted by Gasteiger charge is 2.42. The van der Waals surface area contributed by atoms with Crippen LogP contribution in [-0.4, -0.2) is 22.6 Å². The van der Waals surface area contributed by atoms with Crippen molar-refractivity contribution < 1.29 is 13.9 Å². The Hall–Kier alpha value is -4.37. The Morgan fingerprint density at radius 2 is 1.74 bits per heavy atom. The van der Waals surface area contributed by atoms with Crippen molar-refractivity contribution in [3.63, 3.8) is 0 Å². The van der Waals surface area contributed by atoms with Crippen LogP contribution < -0.4 is 20.3 Å². The molecule has 5 aromatic rings. The molecular formula is C32H24Cl2N4O3S. The summed E-state index contributed by atoms with van der Waals surface area (Å²) in [4.78, 5) is 19.0. The van der Waals surface area contributed by atoms with Gasteiger partial charge in [0, 0.05) is 23.1 Å². The van der Waals surface area contributed by atoms with E-state index in [1.807, 2.05) is 83.8 Å². The van der Waals surface area contributed by atoms with Gasteiger partial charge in [-0.05, 0) is 91.1 Å². The first kappa shape index (κ1) is 27.8. The normalized spacial score (nSPS) is 16.2. The number of rotatable bonds is 8. The number of nitrogens with one attached hydrogen (secondary N) is 2. The largest absolute Gasteiger partial charge is 0.484 e. The predicted octanol–water partition coefficient (Wildman–Crippen LogP) is 7.84. The molecule has 2 atom stereocenters. The zero-order chi connectivity index (χ0) is 29.1. The Labute approximate surface area is 258 Å². The van der Waals surface area contributed by atoms with Crippen LogP contribution in [0.25, 0.3) is 11.3 Å². The second-order valence-electron chi connectivity index (χ2n) is 9.52. The molecule has 0 saturated carbocycles. The van der Waals surface area contributed by atoms with Crippen molar-refractivity contribution in [2.75, 3.05) is 16.8 Å². The molecule has 210 valence electrons. The molecule has 1 saturated heterocycles. The second kappa shape index (κ2) is 12.2. The van der Waals surface area contributed by atoms with E-state index in [-0.39, 0.29) is 24.6 Å². The van der Waals surface area contributed by atoms with E-state index in [2.05, 4.69) is 15.6 Å². The SMILES string of the molecule is O=C(COc1ccccc1)Nc1ccc(N2C(=S)N[C@H](c3ccccn3)[C@@H]2c2ccc(-c3ccc(Cl)c(Cl)c3)o2)cc1. The van der Waals surface area contributed by atoms with E-state index in [0.29, 0.717) is 38.1 Å². The molecule has 1 aliphatic heterocycles. The number of anilines is 2. The first-order valence-corrected chi connectivity index (χ1v) is 14.3. The number of para-hydroxylation sites is 1. The van der Waals surface area contributed by atoms with Crippen LogP contribution in [0.4, 0.5) is 11.4 Å². The summed E-state index contributed by atoms with van der Waals surface area (Å²) in [6, 6.07) is 31.0. The summed E-state index contributed by atoms with van der Waals surface area (Å²) in [5, 5.41) is 7.74. The van der Waals surface area contributed by atoms with E-state index in [0.717, 1.165) is 16.9 Å². The first-order valence-electron chi connectivity index (χ1n) is 13.1. The molecule has 0 unspecified atom stereocenters. The fourth-order valence-corrected chi connectivity index (χ4v) is 5.45. The maximum Gasteiger partial charge on any atom is 0.262 e. The summed E-state index contributed by atoms with van der Waals surface area (Å²) >= 11 is 18.2. The van der Waals surface area contributed by atoms with Gasteiger partial charge in [0.2, 0.25) is 0 Å². The van der Waals surface area contributed by atoms with Crippen LogP contribution in [-0.2, 0) is 4.79 Å². The summed E-state index contributed by atoms with van der Waals surface area (Å²) in [5.41, 5.74) is 3.08. The van der Waals surface area contributed by atoms with E-state index in [9.17, 15) is 4.79 Å². The summed E-state index contributed by atoms with van der Waals surface area (Å²) in [5.74, 6) is 1.71. The fourth-order valence-electron chi connectivity index (χ4n) is 4.81. The van der Waals surface area contributed by atoms with Gasteiger partial charge in [0.1, 0.15) is 23.3 Å². The van der Waals surface area contributed by atoms with E-state index < -0.39 is 0 Å². The number of hydrogen-bond acceptors (Lipinski definition) is 5. The number of ether oxygens (including phenoxy) is 1. The number of halogens is 2. The molecule has 6 rings (SSSR count). The number of carbonyl (C=O) groups excluding carboxylic acids is 1. The lowest BCUT2D eigenvalue weighted by atomic mass is 10.0. The molecule has 1 fully saturated rings. The van der Waals surface area contributed by atoms with Gasteiger partial charge < -0.3 is 24.7 Å². The molecule has 3 heterocycles. The minimum atomic E-state index is -0.344. The average Bonchev–Trinajstić information content (AvgIpc) is 3.64. The monoisotopic (exact) mass is 614 g/mol. The average molecular weight is 616 g/mol. The van der Waals surface area contributed by atoms with Crippen LogP contribution in [0.3, 0.4) is 0 Å². The van der Waals surface area contributed by atoms with Crippen molar-refractivity contribution in [3.8, 4) is 17.1 Å². The number of pyridine rings is 1. The van der Waals surface area contributed by atoms with Crippen molar-refractivity contribution in [2.45, 2.75) is 12.1 Å². The van der Waals surface area contributed by atoms with Gasteiger partial charge in [-0.3, -0.25) is 9.78 Å². The standard InChI is InChI=1S/C32H24Cl2N4O3S/c33-24-14-9-20(18-25(24)34)27-15-16-28(41-27)31-30(26-8-4-5-17-35-26)37-32(42)38(31)22-12-10-21(11-13-22)36-29(39)19-40-23-6-2-1-3-7-23/h1-18,30-31H,19H2,(H,36,39)(H,37,42)/t30-,31+/m1/s1. The third-order valence-electron chi connectivity index (χ3n) is 6.76. The number of furan rings is 1. The molecule has 7 nitrogen and oxygen atoms in total. The number of benzene rings is 3. The molecular weight excluding hydrogens is 591 g/mol. The minimum Gasteiger partial charge on any atom is -0.484 e. The number of aromatic nitrogens is 1. The maximum atomic E-state index is 12.5. The zero-order valence-electron chi connectivity index (χ0n) is 22.0. The van der Waals surface area contributed by atoms with E-state index in [1.54, 1.807) is 30.5 Å². The van der Waals surface area contributed by atoms with Gasteiger partial charge >= 0.3 is 0 Å². The van der Waals surface area contributed by atoms with Crippen molar-refractivity contribution in [1.82, 2.24) is 10.3 Å². The fraction of sp³-hybridized carbons (Fsp3) is 0.0938. The Morgan fingerprint density at radius 3 is 2.48 bits per heavy atom. The number of amides is 1. The van der Waals surface area contributed by atoms with Crippen molar-refractivity contribution in [3.05, 3.63) is 131 Å². The number of hydrogen-bond donors (Lipinski definition) is 2. The minimum absolute atomic E-state index is 0.0978. The van der Waals surface area contributed by atoms with Gasteiger partial charge in [-0.2, -0.15) is 0 Å². The predicted molar refractivity (Wildman–Crippen MR) is 169 cm³/mol. The van der Waals surface area contributed by atoms with Gasteiger partial charge in [-0.15, -0.1) is 0 Å². The van der Waals surface area contributed by atoms with Crippen molar-refractivity contribution >= 4 is 57.8 Å². The number of carbonyl (C=O) groups is 1. The van der Waals surface area contributed by atoms with Crippen LogP contribution in [0.1, 0.15) is 23.5 Å². The molecule has 1 amide bonds. The third kappa shape index (κ3) is 5.97. The van der Waals surface area contributed by atoms with E-state index in [4.69, 9.17) is 44.6 Å². The molecule has 0 aliphatic carbocycles. The lowest BCUT2D eigenvalue weighted by Crippen LogP contribution is -2.29. The summed E-state index contributed by atoms with van der Waals surface area (Å²) in [6.07, 6.45) is 1.75. The molecule has 2 aromatic heterocycles. The summed E-state index contributed by atoms with van der Waals surface area (Å²) in [6.45, 7) is -0.0978. The van der Waals surface area contributed by atoms with Gasteiger partial charge in [-0.1, -0.05) is 47.5 Å². The smallest absolute Gasteiger partial charge is 0.262 e. The lowest BCUT2D eigenvalue weighted by molar-refractivity contribution is -0.118. The summed E-state index contributed by atoms with van der Waals surface area (Å²) in [7, 11) is 0. The maximum absolute atomic E-state index is 12.5. The molecule has 1 aliphatic rings. The van der Waals surface area contributed by atoms with Crippen LogP contribution >= 0.6 is 35.4 Å². The highest BCUT2D eigenvalue weighted by Crippen LogP contribution is 2.43. The van der Waals surface area contributed by atoms with Gasteiger partial charge in [0.25, 0.3) is 5.91 Å². The lowest BCUT2D eigenvalue weighted by Gasteiger charge is -2.26. The molecule has 42 heavy (non-hydrogen) atoms. The Morgan fingerprint density at radius 1 is 0.952 bits per heavy atom. The highest BCUT2D eigenvalue weighted by atomic mass is 35.5. The van der Waals surface area contributed by atoms with Crippen molar-refractivity contribution in [2.24, 2.45) is 0 Å². The molecule has 10 heteroatoms. The highest BCUT2D eigenvalue weighted by molar-refractivity contribution is 7.80. The summed E-state index contributed by atoms with van der Waals surface area (Å²) < 4.78 is 11.9. The van der Waals surface area contributed by atoms with Crippen LogP contribution in [0, 0.1) is 0 Å². The molecule has 0 spiro atoms. The van der Waals surface area contributed by atoms with E-state index >= 15 is 0 Å². The Balaban J connectivity index is 1.26. The van der Waals surface area contributed by atoms with Crippen LogP contribution in [0.5, 0.6) is 5.75 Å². The number of nitrogens with zero attached hydrogens (tertiary/aromatic N) is 2. The van der Waals surface area contributed by atoms with Gasteiger partial charge in [-0.25, -0.2) is 0 Å². The van der Waals surface area contributed by atoms with Gasteiger partial charge in [0.05, 0.1) is 21.8 Å².